The average molecular weight is 425 g/mol. The van der Waals surface area contributed by atoms with Crippen molar-refractivity contribution in [1.82, 2.24) is 14.9 Å². The molecule has 0 aliphatic carbocycles. The summed E-state index contributed by atoms with van der Waals surface area (Å²) in [6, 6.07) is 8.17. The molecule has 2 bridgehead atoms. The number of amides is 1. The van der Waals surface area contributed by atoms with Crippen molar-refractivity contribution >= 4 is 17.6 Å². The number of aliphatic hydroxyl groups is 1. The van der Waals surface area contributed by atoms with Crippen LogP contribution in [0, 0.1) is 0 Å². The fraction of sp³-hybridized carbons (Fsp3) is 0.500. The van der Waals surface area contributed by atoms with Gasteiger partial charge in [0, 0.05) is 29.9 Å². The highest BCUT2D eigenvalue weighted by molar-refractivity contribution is 5.85. The Bertz CT molecular complexity index is 951. The number of fused-ring (bicyclic) bond motifs is 3. The lowest BCUT2D eigenvalue weighted by molar-refractivity contribution is 0.0901. The largest absolute Gasteiger partial charge is 0.447 e. The first kappa shape index (κ1) is 20.2. The third-order valence-corrected chi connectivity index (χ3v) is 6.12. The van der Waals surface area contributed by atoms with Gasteiger partial charge in [0.05, 0.1) is 37.6 Å². The van der Waals surface area contributed by atoms with Crippen molar-refractivity contribution in [3.63, 3.8) is 0 Å². The van der Waals surface area contributed by atoms with Gasteiger partial charge in [-0.25, -0.2) is 14.8 Å². The number of nitrogens with zero attached hydrogens (tertiary/aromatic N) is 4. The van der Waals surface area contributed by atoms with Crippen molar-refractivity contribution in [2.24, 2.45) is 0 Å². The molecule has 0 saturated carbocycles. The minimum absolute atomic E-state index is 0.0341. The van der Waals surface area contributed by atoms with Gasteiger partial charge in [-0.15, -0.1) is 0 Å². The number of anilines is 2. The topological polar surface area (TPSA) is 100 Å². The van der Waals surface area contributed by atoms with Gasteiger partial charge in [-0.2, -0.15) is 0 Å². The molecule has 164 valence electrons. The molecular weight excluding hydrogens is 398 g/mol. The second kappa shape index (κ2) is 8.41. The number of carbonyl (C=O) groups is 1. The number of hydrogen-bond acceptors (Lipinski definition) is 8. The molecule has 2 fully saturated rings. The molecule has 0 spiro atoms. The molecule has 4 heterocycles. The van der Waals surface area contributed by atoms with Crippen molar-refractivity contribution in [1.29, 1.82) is 0 Å². The lowest BCUT2D eigenvalue weighted by Crippen LogP contribution is -2.47. The lowest BCUT2D eigenvalue weighted by Gasteiger charge is -2.36. The molecule has 1 amide bonds. The van der Waals surface area contributed by atoms with Gasteiger partial charge in [0.25, 0.3) is 0 Å². The number of morpholine rings is 1. The summed E-state index contributed by atoms with van der Waals surface area (Å²) in [6.07, 6.45) is 1.69. The maximum atomic E-state index is 11.7. The summed E-state index contributed by atoms with van der Waals surface area (Å²) >= 11 is 0. The average Bonchev–Trinajstić information content (AvgIpc) is 3.26. The molecule has 9 heteroatoms. The zero-order valence-electron chi connectivity index (χ0n) is 17.6. The van der Waals surface area contributed by atoms with Gasteiger partial charge in [-0.1, -0.05) is 0 Å². The smallest absolute Gasteiger partial charge is 0.411 e. The van der Waals surface area contributed by atoms with Gasteiger partial charge in [0.15, 0.2) is 5.82 Å². The van der Waals surface area contributed by atoms with Gasteiger partial charge in [-0.05, 0) is 44.2 Å². The van der Waals surface area contributed by atoms with Crippen molar-refractivity contribution in [2.75, 3.05) is 43.7 Å². The predicted molar refractivity (Wildman–Crippen MR) is 115 cm³/mol. The standard InChI is InChI=1S/C22H27N5O4/c1-26-10-18-19(11-26)24-20(25-21(18)27-16-6-7-17(27)13-30-12-16)14-2-4-15(5-3-14)23-22(29)31-9-8-28/h2-5,16-17,28H,6-13H2,1H3,(H,23,29). The Morgan fingerprint density at radius 2 is 1.94 bits per heavy atom. The number of carbonyl (C=O) groups excluding carboxylic acids is 1. The van der Waals surface area contributed by atoms with Crippen molar-refractivity contribution < 1.29 is 19.4 Å². The van der Waals surface area contributed by atoms with Crippen LogP contribution in [-0.2, 0) is 22.6 Å². The zero-order chi connectivity index (χ0) is 21.4. The van der Waals surface area contributed by atoms with E-state index in [1.807, 2.05) is 12.1 Å². The molecule has 3 aliphatic heterocycles. The molecule has 31 heavy (non-hydrogen) atoms. The van der Waals surface area contributed by atoms with Crippen LogP contribution in [0.5, 0.6) is 0 Å². The van der Waals surface area contributed by atoms with Gasteiger partial charge in [0.1, 0.15) is 12.4 Å². The molecule has 3 aliphatic rings. The van der Waals surface area contributed by atoms with Gasteiger partial charge >= 0.3 is 6.09 Å². The summed E-state index contributed by atoms with van der Waals surface area (Å²) < 4.78 is 10.6. The van der Waals surface area contributed by atoms with Crippen molar-refractivity contribution in [3.05, 3.63) is 35.5 Å². The normalized spacial score (nSPS) is 22.5. The Labute approximate surface area is 181 Å². The van der Waals surface area contributed by atoms with Gasteiger partial charge in [-0.3, -0.25) is 10.2 Å². The molecular formula is C22H27N5O4. The number of rotatable bonds is 5. The number of benzene rings is 1. The van der Waals surface area contributed by atoms with Crippen LogP contribution in [0.15, 0.2) is 24.3 Å². The summed E-state index contributed by atoms with van der Waals surface area (Å²) in [5, 5.41) is 11.4. The highest BCUT2D eigenvalue weighted by atomic mass is 16.6. The van der Waals surface area contributed by atoms with E-state index >= 15 is 0 Å². The van der Waals surface area contributed by atoms with Crippen LogP contribution in [0.4, 0.5) is 16.3 Å². The first-order valence-corrected chi connectivity index (χ1v) is 10.7. The fourth-order valence-corrected chi connectivity index (χ4v) is 4.70. The van der Waals surface area contributed by atoms with Crippen LogP contribution >= 0.6 is 0 Å². The number of aliphatic hydroxyl groups excluding tert-OH is 1. The van der Waals surface area contributed by atoms with Crippen LogP contribution < -0.4 is 10.2 Å². The monoisotopic (exact) mass is 425 g/mol. The Morgan fingerprint density at radius 1 is 1.19 bits per heavy atom. The van der Waals surface area contributed by atoms with E-state index in [4.69, 9.17) is 24.5 Å². The third kappa shape index (κ3) is 3.96. The van der Waals surface area contributed by atoms with E-state index in [0.717, 1.165) is 56.2 Å². The fourth-order valence-electron chi connectivity index (χ4n) is 4.70. The van der Waals surface area contributed by atoms with Crippen molar-refractivity contribution in [3.8, 4) is 11.4 Å². The highest BCUT2D eigenvalue weighted by Crippen LogP contribution is 2.38. The predicted octanol–water partition coefficient (Wildman–Crippen LogP) is 2.00. The Kier molecular flexibility index (Phi) is 5.47. The van der Waals surface area contributed by atoms with E-state index < -0.39 is 6.09 Å². The molecule has 2 N–H and O–H groups in total. The third-order valence-electron chi connectivity index (χ3n) is 6.12. The molecule has 9 nitrogen and oxygen atoms in total. The number of ether oxygens (including phenoxy) is 2. The Balaban J connectivity index is 1.44. The van der Waals surface area contributed by atoms with Crippen LogP contribution in [0.2, 0.25) is 0 Å². The highest BCUT2D eigenvalue weighted by Gasteiger charge is 2.40. The molecule has 1 aromatic carbocycles. The molecule has 2 aromatic rings. The van der Waals surface area contributed by atoms with Crippen LogP contribution in [0.25, 0.3) is 11.4 Å². The Morgan fingerprint density at radius 3 is 2.65 bits per heavy atom. The van der Waals surface area contributed by atoms with E-state index in [-0.39, 0.29) is 13.2 Å². The number of nitrogens with one attached hydrogen (secondary N) is 1. The summed E-state index contributed by atoms with van der Waals surface area (Å²) in [7, 11) is 2.11. The van der Waals surface area contributed by atoms with E-state index in [0.29, 0.717) is 23.6 Å². The Hall–Kier alpha value is -2.75. The van der Waals surface area contributed by atoms with Gasteiger partial charge < -0.3 is 19.5 Å². The van der Waals surface area contributed by atoms with E-state index in [2.05, 4.69) is 22.2 Å². The van der Waals surface area contributed by atoms with Crippen LogP contribution in [-0.4, -0.2) is 71.6 Å². The van der Waals surface area contributed by atoms with Crippen molar-refractivity contribution in [2.45, 2.75) is 38.0 Å². The minimum atomic E-state index is -0.594. The van der Waals surface area contributed by atoms with E-state index in [1.165, 1.54) is 5.56 Å². The second-order valence-corrected chi connectivity index (χ2v) is 8.36. The lowest BCUT2D eigenvalue weighted by atomic mass is 10.1. The minimum Gasteiger partial charge on any atom is -0.447 e. The second-order valence-electron chi connectivity index (χ2n) is 8.36. The summed E-state index contributed by atoms with van der Waals surface area (Å²) in [6.45, 7) is 2.95. The maximum Gasteiger partial charge on any atom is 0.411 e. The van der Waals surface area contributed by atoms with Crippen LogP contribution in [0.3, 0.4) is 0 Å². The first-order chi connectivity index (χ1) is 15.1. The summed E-state index contributed by atoms with van der Waals surface area (Å²) in [4.78, 5) is 26.3. The summed E-state index contributed by atoms with van der Waals surface area (Å²) in [5.74, 6) is 1.75. The van der Waals surface area contributed by atoms with E-state index in [9.17, 15) is 4.79 Å². The molecule has 5 rings (SSSR count). The quantitative estimate of drug-likeness (QED) is 0.750. The summed E-state index contributed by atoms with van der Waals surface area (Å²) in [5.41, 5.74) is 3.82. The maximum absolute atomic E-state index is 11.7. The molecule has 2 unspecified atom stereocenters. The first-order valence-electron chi connectivity index (χ1n) is 10.7. The zero-order valence-corrected chi connectivity index (χ0v) is 17.6. The number of aromatic nitrogens is 2. The molecule has 1 aromatic heterocycles. The molecule has 2 atom stereocenters. The molecule has 2 saturated heterocycles. The SMILES string of the molecule is CN1Cc2nc(-c3ccc(NC(=O)OCCO)cc3)nc(N3C4CCC3COC4)c2C1. The van der Waals surface area contributed by atoms with Gasteiger partial charge in [0.2, 0.25) is 0 Å². The number of hydrogen-bond donors (Lipinski definition) is 2. The van der Waals surface area contributed by atoms with E-state index in [1.54, 1.807) is 12.1 Å². The van der Waals surface area contributed by atoms with Crippen LogP contribution in [0.1, 0.15) is 24.1 Å². The molecule has 0 radical (unpaired) electrons.